The van der Waals surface area contributed by atoms with Crippen molar-refractivity contribution in [3.63, 3.8) is 0 Å². The van der Waals surface area contributed by atoms with E-state index in [1.165, 1.54) is 0 Å². The number of nitrogens with one attached hydrogen (secondary N) is 2. The molecule has 2 N–H and O–H groups in total. The highest BCUT2D eigenvalue weighted by molar-refractivity contribution is 5.88. The third-order valence-corrected chi connectivity index (χ3v) is 4.79. The molecule has 0 aromatic carbocycles. The van der Waals surface area contributed by atoms with E-state index < -0.39 is 0 Å². The lowest BCUT2D eigenvalue weighted by Crippen LogP contribution is -2.58. The van der Waals surface area contributed by atoms with E-state index in [4.69, 9.17) is 0 Å². The van der Waals surface area contributed by atoms with Gasteiger partial charge in [0.25, 0.3) is 0 Å². The van der Waals surface area contributed by atoms with Crippen molar-refractivity contribution in [2.24, 2.45) is 7.05 Å². The topological polar surface area (TPSA) is 65.4 Å². The molecule has 0 unspecified atom stereocenters. The highest BCUT2D eigenvalue weighted by Crippen LogP contribution is 2.18. The number of carbonyl (C=O) groups is 1. The predicted octanol–water partition coefficient (Wildman–Crippen LogP) is 1.52. The minimum absolute atomic E-state index is 0.172. The molecule has 0 aliphatic carbocycles. The van der Waals surface area contributed by atoms with Crippen LogP contribution < -0.4 is 10.6 Å². The number of hydrogen-bond acceptors (Lipinski definition) is 4. The number of anilines is 1. The normalized spacial score (nSPS) is 18.5. The average molecular weight is 336 g/mol. The first-order valence-corrected chi connectivity index (χ1v) is 8.83. The third kappa shape index (κ3) is 4.95. The highest BCUT2D eigenvalue weighted by Gasteiger charge is 2.30. The maximum absolute atomic E-state index is 12.1. The smallest absolute Gasteiger partial charge is 0.320 e. The maximum Gasteiger partial charge on any atom is 0.320 e. The van der Waals surface area contributed by atoms with E-state index in [0.29, 0.717) is 6.54 Å². The number of piperazine rings is 1. The van der Waals surface area contributed by atoms with Gasteiger partial charge < -0.3 is 5.32 Å². The monoisotopic (exact) mass is 336 g/mol. The molecule has 136 valence electrons. The van der Waals surface area contributed by atoms with E-state index in [2.05, 4.69) is 53.4 Å². The molecule has 2 heterocycles. The van der Waals surface area contributed by atoms with Crippen molar-refractivity contribution in [1.29, 1.82) is 0 Å². The Kier molecular flexibility index (Phi) is 6.23. The minimum Gasteiger partial charge on any atom is -0.337 e. The molecule has 7 heteroatoms. The van der Waals surface area contributed by atoms with Gasteiger partial charge in [-0.05, 0) is 27.3 Å². The molecular weight excluding hydrogens is 304 g/mol. The third-order valence-electron chi connectivity index (χ3n) is 4.79. The number of urea groups is 1. The lowest BCUT2D eigenvalue weighted by atomic mass is 10.00. The van der Waals surface area contributed by atoms with Crippen molar-refractivity contribution < 1.29 is 4.79 Å². The van der Waals surface area contributed by atoms with Crippen LogP contribution >= 0.6 is 0 Å². The van der Waals surface area contributed by atoms with Crippen molar-refractivity contribution in [2.45, 2.75) is 39.2 Å². The first-order valence-electron chi connectivity index (χ1n) is 8.83. The Balaban J connectivity index is 1.74. The quantitative estimate of drug-likeness (QED) is 0.827. The largest absolute Gasteiger partial charge is 0.337 e. The zero-order valence-corrected chi connectivity index (χ0v) is 15.7. The molecule has 0 bridgehead atoms. The minimum atomic E-state index is -0.172. The Labute approximate surface area is 145 Å². The van der Waals surface area contributed by atoms with Crippen LogP contribution in [0.2, 0.25) is 0 Å². The first-order chi connectivity index (χ1) is 11.3. The Bertz CT molecular complexity index is 553. The second-order valence-electron chi connectivity index (χ2n) is 7.29. The number of carbonyl (C=O) groups excluding carboxylic acids is 1. The number of likely N-dealkylation sites (N-methyl/N-ethyl adjacent to an activating group) is 1. The summed E-state index contributed by atoms with van der Waals surface area (Å²) in [5.74, 6) is 0.733. The Morgan fingerprint density at radius 1 is 1.33 bits per heavy atom. The zero-order chi connectivity index (χ0) is 17.7. The van der Waals surface area contributed by atoms with Gasteiger partial charge in [0.2, 0.25) is 0 Å². The molecule has 1 saturated heterocycles. The molecule has 24 heavy (non-hydrogen) atoms. The highest BCUT2D eigenvalue weighted by atomic mass is 16.2. The van der Waals surface area contributed by atoms with Crippen LogP contribution in [0.1, 0.15) is 32.9 Å². The summed E-state index contributed by atoms with van der Waals surface area (Å²) >= 11 is 0. The number of amides is 2. The molecule has 1 aliphatic rings. The van der Waals surface area contributed by atoms with E-state index in [1.54, 1.807) is 4.68 Å². The first kappa shape index (κ1) is 18.7. The predicted molar refractivity (Wildman–Crippen MR) is 97.4 cm³/mol. The summed E-state index contributed by atoms with van der Waals surface area (Å²) in [7, 11) is 4.02. The van der Waals surface area contributed by atoms with Crippen LogP contribution in [0, 0.1) is 0 Å². The molecule has 0 spiro atoms. The van der Waals surface area contributed by atoms with Crippen LogP contribution in [-0.2, 0) is 13.5 Å². The molecule has 1 fully saturated rings. The molecule has 1 aromatic heterocycles. The van der Waals surface area contributed by atoms with E-state index in [-0.39, 0.29) is 11.6 Å². The fraction of sp³-hybridized carbons (Fsp3) is 0.765. The number of aromatic nitrogens is 2. The Hall–Kier alpha value is -1.60. The summed E-state index contributed by atoms with van der Waals surface area (Å²) in [4.78, 5) is 16.9. The molecule has 1 aliphatic heterocycles. The van der Waals surface area contributed by atoms with E-state index in [1.807, 2.05) is 13.1 Å². The van der Waals surface area contributed by atoms with Crippen LogP contribution in [0.15, 0.2) is 6.07 Å². The van der Waals surface area contributed by atoms with Crippen molar-refractivity contribution >= 4 is 11.8 Å². The molecular formula is C17H32N6O. The summed E-state index contributed by atoms with van der Waals surface area (Å²) in [6.45, 7) is 11.3. The summed E-state index contributed by atoms with van der Waals surface area (Å²) in [6, 6.07) is 1.76. The fourth-order valence-corrected chi connectivity index (χ4v) is 3.04. The van der Waals surface area contributed by atoms with Crippen molar-refractivity contribution in [3.8, 4) is 0 Å². The van der Waals surface area contributed by atoms with Gasteiger partial charge in [0.1, 0.15) is 5.82 Å². The Morgan fingerprint density at radius 3 is 2.75 bits per heavy atom. The van der Waals surface area contributed by atoms with Crippen LogP contribution in [0.4, 0.5) is 10.6 Å². The zero-order valence-electron chi connectivity index (χ0n) is 15.7. The van der Waals surface area contributed by atoms with Crippen LogP contribution in [-0.4, -0.2) is 70.9 Å². The maximum atomic E-state index is 12.1. The molecule has 1 aromatic rings. The van der Waals surface area contributed by atoms with Crippen molar-refractivity contribution in [1.82, 2.24) is 24.9 Å². The number of nitrogens with zero attached hydrogens (tertiary/aromatic N) is 4. The molecule has 0 atom stereocenters. The molecule has 2 amide bonds. The van der Waals surface area contributed by atoms with Crippen LogP contribution in [0.5, 0.6) is 0 Å². The van der Waals surface area contributed by atoms with Gasteiger partial charge in [-0.15, -0.1) is 0 Å². The summed E-state index contributed by atoms with van der Waals surface area (Å²) < 4.78 is 1.72. The molecule has 0 saturated carbocycles. The van der Waals surface area contributed by atoms with Crippen LogP contribution in [0.3, 0.4) is 0 Å². The van der Waals surface area contributed by atoms with Gasteiger partial charge in [0.15, 0.2) is 0 Å². The fourth-order valence-electron chi connectivity index (χ4n) is 3.04. The van der Waals surface area contributed by atoms with E-state index >= 15 is 0 Å². The number of aryl methyl sites for hydroxylation is 2. The lowest BCUT2D eigenvalue weighted by Gasteiger charge is -2.45. The molecule has 2 rings (SSSR count). The second-order valence-corrected chi connectivity index (χ2v) is 7.29. The van der Waals surface area contributed by atoms with Gasteiger partial charge in [-0.25, -0.2) is 4.79 Å². The van der Waals surface area contributed by atoms with Gasteiger partial charge in [-0.3, -0.25) is 19.8 Å². The van der Waals surface area contributed by atoms with Crippen LogP contribution in [0.25, 0.3) is 0 Å². The standard InChI is InChI=1S/C17H32N6O/c1-6-7-14-12-15(22(5)20-14)19-16(24)18-8-9-23-11-10-21(4)17(2,3)13-23/h12H,6-11,13H2,1-5H3,(H2,18,19,24). The summed E-state index contributed by atoms with van der Waals surface area (Å²) in [5, 5.41) is 10.2. The van der Waals surface area contributed by atoms with Gasteiger partial charge in [0, 0.05) is 51.4 Å². The van der Waals surface area contributed by atoms with E-state index in [0.717, 1.165) is 50.5 Å². The summed E-state index contributed by atoms with van der Waals surface area (Å²) in [5.41, 5.74) is 1.19. The second kappa shape index (κ2) is 7.98. The Morgan fingerprint density at radius 2 is 2.08 bits per heavy atom. The SMILES string of the molecule is CCCc1cc(NC(=O)NCCN2CCN(C)C(C)(C)C2)n(C)n1. The molecule has 0 radical (unpaired) electrons. The van der Waals surface area contributed by atoms with Gasteiger partial charge in [-0.2, -0.15) is 5.10 Å². The van der Waals surface area contributed by atoms with Gasteiger partial charge >= 0.3 is 6.03 Å². The summed E-state index contributed by atoms with van der Waals surface area (Å²) in [6.07, 6.45) is 1.97. The van der Waals surface area contributed by atoms with Crippen molar-refractivity contribution in [3.05, 3.63) is 11.8 Å². The lowest BCUT2D eigenvalue weighted by molar-refractivity contribution is 0.0411. The van der Waals surface area contributed by atoms with Crippen molar-refractivity contribution in [2.75, 3.05) is 45.1 Å². The van der Waals surface area contributed by atoms with Gasteiger partial charge in [-0.1, -0.05) is 13.3 Å². The molecule has 7 nitrogen and oxygen atoms in total. The number of hydrogen-bond donors (Lipinski definition) is 2. The number of rotatable bonds is 6. The van der Waals surface area contributed by atoms with Gasteiger partial charge in [0.05, 0.1) is 5.69 Å². The average Bonchev–Trinajstić information content (AvgIpc) is 2.83. The van der Waals surface area contributed by atoms with E-state index in [9.17, 15) is 4.79 Å².